The summed E-state index contributed by atoms with van der Waals surface area (Å²) in [6.45, 7) is 2.51. The number of thiophene rings is 1. The third kappa shape index (κ3) is 6.14. The number of aromatic nitrogens is 1. The molecule has 1 fully saturated rings. The molecule has 1 aliphatic carbocycles. The normalized spacial score (nSPS) is 16.2. The highest BCUT2D eigenvalue weighted by Gasteiger charge is 2.16. The first kappa shape index (κ1) is 21.5. The van der Waals surface area contributed by atoms with E-state index in [0.29, 0.717) is 21.7 Å². The molecule has 1 saturated carbocycles. The van der Waals surface area contributed by atoms with E-state index in [0.717, 1.165) is 18.4 Å². The molecule has 1 amide bonds. The van der Waals surface area contributed by atoms with Gasteiger partial charge in [-0.05, 0) is 54.1 Å². The van der Waals surface area contributed by atoms with Gasteiger partial charge in [0.05, 0.1) is 17.2 Å². The van der Waals surface area contributed by atoms with Crippen LogP contribution in [0.15, 0.2) is 21.6 Å². The standard InChI is InChI=1S/C21H26N2O4S2/c1-2-27-20(25)11-19-23(13-18(24)22-12-15-6-4-3-5-7-15)21(26)17(29-19)10-16-8-9-28-14-16/h8-11,14-15H,2-7,12-13H2,1H3,(H,22,24)/b17-10+,19-11+. The maximum absolute atomic E-state index is 12.9. The topological polar surface area (TPSA) is 77.4 Å². The van der Waals surface area contributed by atoms with Crippen LogP contribution in [0.25, 0.3) is 12.2 Å². The van der Waals surface area contributed by atoms with Gasteiger partial charge in [-0.15, -0.1) is 11.3 Å². The van der Waals surface area contributed by atoms with Crippen LogP contribution in [0.4, 0.5) is 0 Å². The number of esters is 1. The molecule has 0 aromatic carbocycles. The van der Waals surface area contributed by atoms with Gasteiger partial charge in [0.15, 0.2) is 0 Å². The molecule has 0 aliphatic heterocycles. The molecule has 0 radical (unpaired) electrons. The number of nitrogens with one attached hydrogen (secondary N) is 1. The van der Waals surface area contributed by atoms with Crippen molar-refractivity contribution in [2.24, 2.45) is 5.92 Å². The summed E-state index contributed by atoms with van der Waals surface area (Å²) in [6, 6.07) is 1.92. The van der Waals surface area contributed by atoms with Crippen LogP contribution in [0, 0.1) is 5.92 Å². The Balaban J connectivity index is 1.83. The van der Waals surface area contributed by atoms with E-state index in [1.807, 2.05) is 16.8 Å². The summed E-state index contributed by atoms with van der Waals surface area (Å²) in [7, 11) is 0. The van der Waals surface area contributed by atoms with E-state index < -0.39 is 5.97 Å². The summed E-state index contributed by atoms with van der Waals surface area (Å²) < 4.78 is 7.24. The van der Waals surface area contributed by atoms with Crippen LogP contribution in [0.1, 0.15) is 44.6 Å². The molecule has 29 heavy (non-hydrogen) atoms. The van der Waals surface area contributed by atoms with Crippen molar-refractivity contribution in [3.05, 3.63) is 41.9 Å². The van der Waals surface area contributed by atoms with Crippen molar-refractivity contribution in [1.29, 1.82) is 0 Å². The molecule has 0 unspecified atom stereocenters. The highest BCUT2D eigenvalue weighted by molar-refractivity contribution is 7.08. The average Bonchev–Trinajstić information content (AvgIpc) is 3.32. The smallest absolute Gasteiger partial charge is 0.333 e. The first-order valence-electron chi connectivity index (χ1n) is 9.95. The Kier molecular flexibility index (Phi) is 7.83. The van der Waals surface area contributed by atoms with Gasteiger partial charge in [-0.25, -0.2) is 4.79 Å². The summed E-state index contributed by atoms with van der Waals surface area (Å²) in [4.78, 5) is 37.3. The third-order valence-corrected chi connectivity index (χ3v) is 6.68. The summed E-state index contributed by atoms with van der Waals surface area (Å²) in [5.41, 5.74) is 0.648. The minimum atomic E-state index is -0.521. The van der Waals surface area contributed by atoms with E-state index in [-0.39, 0.29) is 24.6 Å². The zero-order chi connectivity index (χ0) is 20.6. The van der Waals surface area contributed by atoms with Gasteiger partial charge in [0.2, 0.25) is 5.91 Å². The molecule has 6 nitrogen and oxygen atoms in total. The van der Waals surface area contributed by atoms with Crippen LogP contribution >= 0.6 is 22.7 Å². The second-order valence-electron chi connectivity index (χ2n) is 7.10. The number of nitrogens with zero attached hydrogens (tertiary/aromatic N) is 1. The van der Waals surface area contributed by atoms with Gasteiger partial charge in [0.1, 0.15) is 11.2 Å². The summed E-state index contributed by atoms with van der Waals surface area (Å²) in [6.07, 6.45) is 9.04. The second-order valence-corrected chi connectivity index (χ2v) is 8.94. The minimum Gasteiger partial charge on any atom is -0.463 e. The average molecular weight is 435 g/mol. The van der Waals surface area contributed by atoms with Crippen molar-refractivity contribution in [2.75, 3.05) is 13.2 Å². The maximum atomic E-state index is 12.9. The zero-order valence-corrected chi connectivity index (χ0v) is 18.2. The van der Waals surface area contributed by atoms with Crippen LogP contribution in [0.2, 0.25) is 0 Å². The lowest BCUT2D eigenvalue weighted by atomic mass is 9.89. The molecule has 1 N–H and O–H groups in total. The number of carbonyl (C=O) groups is 2. The Labute approximate surface area is 177 Å². The van der Waals surface area contributed by atoms with Crippen molar-refractivity contribution < 1.29 is 14.3 Å². The van der Waals surface area contributed by atoms with Gasteiger partial charge in [-0.1, -0.05) is 19.3 Å². The van der Waals surface area contributed by atoms with Gasteiger partial charge in [0.25, 0.3) is 5.56 Å². The van der Waals surface area contributed by atoms with Crippen molar-refractivity contribution >= 4 is 46.7 Å². The highest BCUT2D eigenvalue weighted by Crippen LogP contribution is 2.22. The Morgan fingerprint density at radius 2 is 2.10 bits per heavy atom. The summed E-state index contributed by atoms with van der Waals surface area (Å²) >= 11 is 2.73. The molecule has 0 spiro atoms. The molecular weight excluding hydrogens is 408 g/mol. The van der Waals surface area contributed by atoms with Gasteiger partial charge < -0.3 is 10.1 Å². The minimum absolute atomic E-state index is 0.106. The monoisotopic (exact) mass is 434 g/mol. The Morgan fingerprint density at radius 3 is 2.79 bits per heavy atom. The van der Waals surface area contributed by atoms with Crippen LogP contribution in [-0.4, -0.2) is 29.6 Å². The second kappa shape index (κ2) is 10.5. The Morgan fingerprint density at radius 1 is 1.31 bits per heavy atom. The van der Waals surface area contributed by atoms with Gasteiger partial charge in [-0.3, -0.25) is 14.2 Å². The fourth-order valence-corrected chi connectivity index (χ4v) is 5.08. The molecule has 0 saturated heterocycles. The summed E-state index contributed by atoms with van der Waals surface area (Å²) in [5, 5.41) is 6.83. The van der Waals surface area contributed by atoms with Crippen LogP contribution < -0.4 is 20.1 Å². The number of hydrogen-bond acceptors (Lipinski definition) is 6. The van der Waals surface area contributed by atoms with E-state index in [1.165, 1.54) is 41.2 Å². The quantitative estimate of drug-likeness (QED) is 0.675. The van der Waals surface area contributed by atoms with E-state index in [2.05, 4.69) is 5.32 Å². The van der Waals surface area contributed by atoms with Gasteiger partial charge >= 0.3 is 5.97 Å². The third-order valence-electron chi connectivity index (χ3n) is 4.92. The number of thiazole rings is 1. The molecule has 8 heteroatoms. The molecule has 0 bridgehead atoms. The first-order valence-corrected chi connectivity index (χ1v) is 11.7. The number of amides is 1. The van der Waals surface area contributed by atoms with Crippen molar-refractivity contribution in [2.45, 2.75) is 45.6 Å². The largest absolute Gasteiger partial charge is 0.463 e. The highest BCUT2D eigenvalue weighted by atomic mass is 32.1. The van der Waals surface area contributed by atoms with Crippen molar-refractivity contribution in [3.8, 4) is 0 Å². The molecule has 1 aliphatic rings. The molecular formula is C21H26N2O4S2. The fraction of sp³-hybridized carbons (Fsp3) is 0.476. The number of carbonyl (C=O) groups excluding carboxylic acids is 2. The Hall–Kier alpha value is -2.19. The SMILES string of the molecule is CCOC(=O)/C=c1/s/c(=C/c2ccsc2)c(=O)n1CC(=O)NCC1CCCCC1. The predicted octanol–water partition coefficient (Wildman–Crippen LogP) is 1.84. The molecule has 3 rings (SSSR count). The van der Waals surface area contributed by atoms with Crippen LogP contribution in [0.5, 0.6) is 0 Å². The maximum Gasteiger partial charge on any atom is 0.333 e. The van der Waals surface area contributed by atoms with Crippen LogP contribution in [-0.2, 0) is 20.9 Å². The van der Waals surface area contributed by atoms with Gasteiger partial charge in [0, 0.05) is 6.54 Å². The van der Waals surface area contributed by atoms with Crippen LogP contribution in [0.3, 0.4) is 0 Å². The molecule has 156 valence electrons. The molecule has 2 aromatic rings. The van der Waals surface area contributed by atoms with E-state index in [1.54, 1.807) is 24.3 Å². The van der Waals surface area contributed by atoms with E-state index >= 15 is 0 Å². The van der Waals surface area contributed by atoms with E-state index in [9.17, 15) is 14.4 Å². The predicted molar refractivity (Wildman–Crippen MR) is 116 cm³/mol. The number of rotatable bonds is 7. The lowest BCUT2D eigenvalue weighted by Gasteiger charge is -2.21. The Bertz CT molecular complexity index is 999. The van der Waals surface area contributed by atoms with E-state index in [4.69, 9.17) is 4.74 Å². The first-order chi connectivity index (χ1) is 14.1. The lowest BCUT2D eigenvalue weighted by molar-refractivity contribution is -0.135. The molecule has 0 atom stereocenters. The molecule has 2 aromatic heterocycles. The summed E-state index contributed by atoms with van der Waals surface area (Å²) in [5.74, 6) is -0.219. The van der Waals surface area contributed by atoms with Crippen molar-refractivity contribution in [1.82, 2.24) is 9.88 Å². The fourth-order valence-electron chi connectivity index (χ4n) is 3.43. The lowest BCUT2D eigenvalue weighted by Crippen LogP contribution is -2.39. The molecule has 2 heterocycles. The number of hydrogen-bond donors (Lipinski definition) is 1. The van der Waals surface area contributed by atoms with Gasteiger partial charge in [-0.2, -0.15) is 11.3 Å². The number of ether oxygens (including phenoxy) is 1. The van der Waals surface area contributed by atoms with Crippen molar-refractivity contribution in [3.63, 3.8) is 0 Å². The zero-order valence-electron chi connectivity index (χ0n) is 16.5.